The van der Waals surface area contributed by atoms with E-state index in [-0.39, 0.29) is 11.5 Å². The van der Waals surface area contributed by atoms with Crippen molar-refractivity contribution in [1.82, 2.24) is 19.5 Å². The van der Waals surface area contributed by atoms with Crippen LogP contribution < -0.4 is 10.9 Å². The smallest absolute Gasteiger partial charge is 0.291 e. The number of thiophene rings is 1. The Labute approximate surface area is 152 Å². The van der Waals surface area contributed by atoms with Crippen molar-refractivity contribution < 1.29 is 9.21 Å². The summed E-state index contributed by atoms with van der Waals surface area (Å²) in [4.78, 5) is 24.6. The molecule has 0 fully saturated rings. The van der Waals surface area contributed by atoms with Crippen molar-refractivity contribution in [2.24, 2.45) is 0 Å². The van der Waals surface area contributed by atoms with Crippen molar-refractivity contribution in [3.63, 3.8) is 0 Å². The molecule has 7 nitrogen and oxygen atoms in total. The fourth-order valence-electron chi connectivity index (χ4n) is 3.06. The monoisotopic (exact) mass is 370 g/mol. The molecule has 4 rings (SSSR count). The summed E-state index contributed by atoms with van der Waals surface area (Å²) < 4.78 is 9.59. The topological polar surface area (TPSA) is 81.5 Å². The Morgan fingerprint density at radius 2 is 2.23 bits per heavy atom. The Morgan fingerprint density at radius 1 is 1.35 bits per heavy atom. The van der Waals surface area contributed by atoms with Crippen LogP contribution in [0.2, 0.25) is 0 Å². The molecule has 4 aromatic rings. The summed E-state index contributed by atoms with van der Waals surface area (Å²) in [5.74, 6) is 1.40. The maximum atomic E-state index is 12.7. The van der Waals surface area contributed by atoms with Crippen molar-refractivity contribution in [2.75, 3.05) is 0 Å². The van der Waals surface area contributed by atoms with Gasteiger partial charge in [0.05, 0.1) is 23.0 Å². The first-order valence-corrected chi connectivity index (χ1v) is 9.27. The predicted octanol–water partition coefficient (Wildman–Crippen LogP) is 2.71. The summed E-state index contributed by atoms with van der Waals surface area (Å²) in [5, 5.41) is 9.21. The molecule has 0 radical (unpaired) electrons. The number of rotatable bonds is 6. The average Bonchev–Trinajstić information content (AvgIpc) is 3.33. The minimum Gasteiger partial charge on any atom is -0.467 e. The molecule has 0 saturated carbocycles. The van der Waals surface area contributed by atoms with E-state index in [0.717, 1.165) is 16.0 Å². The van der Waals surface area contributed by atoms with Crippen LogP contribution in [0.25, 0.3) is 15.7 Å². The number of fused-ring (bicyclic) bond motifs is 3. The van der Waals surface area contributed by atoms with Gasteiger partial charge in [-0.25, -0.2) is 4.68 Å². The number of hydrogen-bond acceptors (Lipinski definition) is 5. The Kier molecular flexibility index (Phi) is 4.34. The molecule has 0 bridgehead atoms. The van der Waals surface area contributed by atoms with Crippen LogP contribution in [0.1, 0.15) is 24.4 Å². The highest BCUT2D eigenvalue weighted by Crippen LogP contribution is 2.24. The molecule has 0 saturated heterocycles. The average molecular weight is 370 g/mol. The van der Waals surface area contributed by atoms with Gasteiger partial charge < -0.3 is 9.73 Å². The van der Waals surface area contributed by atoms with Gasteiger partial charge in [-0.1, -0.05) is 0 Å². The summed E-state index contributed by atoms with van der Waals surface area (Å²) in [6.45, 7) is 2.66. The van der Waals surface area contributed by atoms with E-state index in [9.17, 15) is 9.59 Å². The molecule has 0 aliphatic rings. The van der Waals surface area contributed by atoms with Crippen molar-refractivity contribution in [3.8, 4) is 0 Å². The highest BCUT2D eigenvalue weighted by atomic mass is 32.1. The van der Waals surface area contributed by atoms with E-state index >= 15 is 0 Å². The van der Waals surface area contributed by atoms with Crippen molar-refractivity contribution in [2.45, 2.75) is 32.9 Å². The van der Waals surface area contributed by atoms with E-state index in [0.29, 0.717) is 37.2 Å². The fraction of sp³-hybridized carbons (Fsp3) is 0.278. The first kappa shape index (κ1) is 16.6. The minimum absolute atomic E-state index is 0.0737. The summed E-state index contributed by atoms with van der Waals surface area (Å²) in [6.07, 6.45) is 2.45. The number of nitrogens with zero attached hydrogens (tertiary/aromatic N) is 3. The Hall–Kier alpha value is -2.87. The van der Waals surface area contributed by atoms with Gasteiger partial charge in [0.25, 0.3) is 5.56 Å². The van der Waals surface area contributed by atoms with Crippen LogP contribution in [0.5, 0.6) is 0 Å². The van der Waals surface area contributed by atoms with Crippen LogP contribution in [0, 0.1) is 6.92 Å². The molecular formula is C18H18N4O3S. The molecule has 0 aromatic carbocycles. The minimum atomic E-state index is -0.130. The zero-order valence-corrected chi connectivity index (χ0v) is 15.1. The molecule has 134 valence electrons. The first-order valence-electron chi connectivity index (χ1n) is 8.39. The number of aryl methyl sites for hydroxylation is 2. The molecule has 0 spiro atoms. The zero-order chi connectivity index (χ0) is 18.1. The Morgan fingerprint density at radius 3 is 3.04 bits per heavy atom. The summed E-state index contributed by atoms with van der Waals surface area (Å²) in [6, 6.07) is 7.49. The Balaban J connectivity index is 1.43. The van der Waals surface area contributed by atoms with Gasteiger partial charge >= 0.3 is 0 Å². The van der Waals surface area contributed by atoms with Crippen LogP contribution in [0.15, 0.2) is 45.1 Å². The molecule has 26 heavy (non-hydrogen) atoms. The van der Waals surface area contributed by atoms with E-state index < -0.39 is 0 Å². The van der Waals surface area contributed by atoms with E-state index in [4.69, 9.17) is 4.42 Å². The highest BCUT2D eigenvalue weighted by molar-refractivity contribution is 7.17. The molecule has 0 aliphatic carbocycles. The Bertz CT molecular complexity index is 1120. The van der Waals surface area contributed by atoms with Crippen LogP contribution in [0.4, 0.5) is 0 Å². The zero-order valence-electron chi connectivity index (χ0n) is 14.3. The maximum Gasteiger partial charge on any atom is 0.291 e. The van der Waals surface area contributed by atoms with Gasteiger partial charge in [0.15, 0.2) is 0 Å². The van der Waals surface area contributed by atoms with E-state index in [2.05, 4.69) is 10.4 Å². The van der Waals surface area contributed by atoms with Crippen molar-refractivity contribution >= 4 is 33.0 Å². The number of furan rings is 1. The molecule has 4 aromatic heterocycles. The van der Waals surface area contributed by atoms with Crippen LogP contribution in [0.3, 0.4) is 0 Å². The second-order valence-corrected chi connectivity index (χ2v) is 7.02. The molecule has 8 heteroatoms. The lowest BCUT2D eigenvalue weighted by molar-refractivity contribution is -0.121. The predicted molar refractivity (Wildman–Crippen MR) is 99.4 cm³/mol. The van der Waals surface area contributed by atoms with Crippen molar-refractivity contribution in [1.29, 1.82) is 0 Å². The lowest BCUT2D eigenvalue weighted by Gasteiger charge is -2.08. The standard InChI is InChI=1S/C18H18N4O3S/c1-12-20-21(7-2-5-17(23)19-11-13-4-3-8-25-13)18(24)15-10-16-14(22(12)15)6-9-26-16/h3-4,6,8-10H,2,5,7,11H2,1H3,(H,19,23). The molecular weight excluding hydrogens is 352 g/mol. The number of amides is 1. The second-order valence-electron chi connectivity index (χ2n) is 6.07. The van der Waals surface area contributed by atoms with Gasteiger partial charge in [0.2, 0.25) is 5.91 Å². The van der Waals surface area contributed by atoms with Gasteiger partial charge in [0, 0.05) is 13.0 Å². The van der Waals surface area contributed by atoms with Gasteiger partial charge in [-0.2, -0.15) is 5.10 Å². The lowest BCUT2D eigenvalue weighted by atomic mass is 10.3. The fourth-order valence-corrected chi connectivity index (χ4v) is 3.86. The van der Waals surface area contributed by atoms with Gasteiger partial charge in [0.1, 0.15) is 17.1 Å². The number of aromatic nitrogens is 3. The third-order valence-electron chi connectivity index (χ3n) is 4.28. The largest absolute Gasteiger partial charge is 0.467 e. The summed E-state index contributed by atoms with van der Waals surface area (Å²) in [5.41, 5.74) is 1.51. The summed E-state index contributed by atoms with van der Waals surface area (Å²) in [7, 11) is 0. The van der Waals surface area contributed by atoms with Gasteiger partial charge in [-0.05, 0) is 43.0 Å². The molecule has 1 amide bonds. The lowest BCUT2D eigenvalue weighted by Crippen LogP contribution is -2.27. The second kappa shape index (κ2) is 6.80. The molecule has 0 unspecified atom stereocenters. The number of nitrogens with one attached hydrogen (secondary N) is 1. The normalized spacial score (nSPS) is 11.4. The SMILES string of the molecule is Cc1nn(CCCC(=O)NCc2ccco2)c(=O)c2cc3sccc3n12. The van der Waals surface area contributed by atoms with E-state index in [1.54, 1.807) is 23.7 Å². The van der Waals surface area contributed by atoms with Gasteiger partial charge in [-0.3, -0.25) is 14.0 Å². The van der Waals surface area contributed by atoms with Crippen LogP contribution in [-0.4, -0.2) is 20.1 Å². The molecule has 4 heterocycles. The molecule has 0 atom stereocenters. The quantitative estimate of drug-likeness (QED) is 0.566. The van der Waals surface area contributed by atoms with E-state index in [1.807, 2.05) is 34.9 Å². The van der Waals surface area contributed by atoms with Crippen LogP contribution >= 0.6 is 11.3 Å². The first-order chi connectivity index (χ1) is 12.6. The number of carbonyl (C=O) groups excluding carboxylic acids is 1. The van der Waals surface area contributed by atoms with Crippen LogP contribution in [-0.2, 0) is 17.9 Å². The van der Waals surface area contributed by atoms with Crippen molar-refractivity contribution in [3.05, 3.63) is 57.8 Å². The number of hydrogen-bond donors (Lipinski definition) is 1. The molecule has 1 N–H and O–H groups in total. The van der Waals surface area contributed by atoms with E-state index in [1.165, 1.54) is 4.68 Å². The third-order valence-corrected chi connectivity index (χ3v) is 5.13. The summed E-state index contributed by atoms with van der Waals surface area (Å²) >= 11 is 1.61. The maximum absolute atomic E-state index is 12.7. The molecule has 0 aliphatic heterocycles. The third kappa shape index (κ3) is 3.03. The highest BCUT2D eigenvalue weighted by Gasteiger charge is 2.13. The van der Waals surface area contributed by atoms with Gasteiger partial charge in [-0.15, -0.1) is 11.3 Å². The number of carbonyl (C=O) groups is 1.